The first-order valence-corrected chi connectivity index (χ1v) is 7.18. The average molecular weight is 281 g/mol. The van der Waals surface area contributed by atoms with Crippen LogP contribution in [-0.4, -0.2) is 21.2 Å². The summed E-state index contributed by atoms with van der Waals surface area (Å²) in [7, 11) is 0. The summed E-state index contributed by atoms with van der Waals surface area (Å²) in [5.41, 5.74) is 3.98. The van der Waals surface area contributed by atoms with Gasteiger partial charge in [-0.1, -0.05) is 26.0 Å². The molecule has 0 aliphatic heterocycles. The van der Waals surface area contributed by atoms with E-state index in [4.69, 9.17) is 4.74 Å². The molecule has 0 fully saturated rings. The van der Waals surface area contributed by atoms with E-state index in [-0.39, 0.29) is 0 Å². The topological polar surface area (TPSA) is 39.4 Å². The van der Waals surface area contributed by atoms with Crippen molar-refractivity contribution in [1.29, 1.82) is 0 Å². The number of nitrogens with zero attached hydrogens (tertiary/aromatic N) is 3. The van der Waals surface area contributed by atoms with Gasteiger partial charge < -0.3 is 4.74 Å². The van der Waals surface area contributed by atoms with Gasteiger partial charge in [-0.3, -0.25) is 0 Å². The minimum absolute atomic E-state index is 0.508. The first kappa shape index (κ1) is 13.6. The van der Waals surface area contributed by atoms with E-state index in [1.54, 1.807) is 6.20 Å². The number of hydrogen-bond donors (Lipinski definition) is 0. The molecular formula is C17H19N3O. The van der Waals surface area contributed by atoms with Crippen molar-refractivity contribution >= 4 is 5.65 Å². The molecule has 1 aromatic carbocycles. The summed E-state index contributed by atoms with van der Waals surface area (Å²) in [6, 6.07) is 10.0. The van der Waals surface area contributed by atoms with Crippen molar-refractivity contribution in [3.63, 3.8) is 0 Å². The smallest absolute Gasteiger partial charge is 0.163 e. The normalized spacial score (nSPS) is 11.2. The number of rotatable bonds is 4. The Morgan fingerprint density at radius 2 is 2.10 bits per heavy atom. The predicted octanol–water partition coefficient (Wildman–Crippen LogP) is 3.74. The quantitative estimate of drug-likeness (QED) is 0.731. The van der Waals surface area contributed by atoms with E-state index in [0.717, 1.165) is 34.8 Å². The van der Waals surface area contributed by atoms with Crippen LogP contribution in [-0.2, 0) is 0 Å². The van der Waals surface area contributed by atoms with Crippen LogP contribution in [0.4, 0.5) is 0 Å². The van der Waals surface area contributed by atoms with Gasteiger partial charge in [-0.2, -0.15) is 5.10 Å². The van der Waals surface area contributed by atoms with E-state index in [2.05, 4.69) is 36.1 Å². The molecular weight excluding hydrogens is 262 g/mol. The lowest BCUT2D eigenvalue weighted by molar-refractivity contribution is 0.271. The maximum atomic E-state index is 5.81. The lowest BCUT2D eigenvalue weighted by atomic mass is 10.1. The molecule has 2 heterocycles. The fourth-order valence-electron chi connectivity index (χ4n) is 2.34. The van der Waals surface area contributed by atoms with E-state index in [9.17, 15) is 0 Å². The van der Waals surface area contributed by atoms with Crippen molar-refractivity contribution < 1.29 is 4.74 Å². The fourth-order valence-corrected chi connectivity index (χ4v) is 2.34. The van der Waals surface area contributed by atoms with E-state index < -0.39 is 0 Å². The number of benzene rings is 1. The summed E-state index contributed by atoms with van der Waals surface area (Å²) in [6.45, 7) is 7.01. The third-order valence-electron chi connectivity index (χ3n) is 3.28. The van der Waals surface area contributed by atoms with Gasteiger partial charge in [0.05, 0.1) is 12.3 Å². The Morgan fingerprint density at radius 3 is 2.90 bits per heavy atom. The molecule has 21 heavy (non-hydrogen) atoms. The number of aryl methyl sites for hydroxylation is 1. The Kier molecular flexibility index (Phi) is 3.60. The van der Waals surface area contributed by atoms with E-state index in [1.807, 2.05) is 35.8 Å². The molecule has 3 rings (SSSR count). The van der Waals surface area contributed by atoms with Crippen LogP contribution >= 0.6 is 0 Å². The molecule has 0 saturated heterocycles. The van der Waals surface area contributed by atoms with Gasteiger partial charge in [0.15, 0.2) is 5.65 Å². The average Bonchev–Trinajstić information content (AvgIpc) is 2.81. The molecule has 4 heteroatoms. The van der Waals surface area contributed by atoms with Crippen molar-refractivity contribution in [3.05, 3.63) is 48.4 Å². The zero-order chi connectivity index (χ0) is 14.8. The highest BCUT2D eigenvalue weighted by molar-refractivity contribution is 5.80. The molecule has 0 aliphatic rings. The van der Waals surface area contributed by atoms with Gasteiger partial charge in [-0.15, -0.1) is 0 Å². The Hall–Kier alpha value is -2.36. The lowest BCUT2D eigenvalue weighted by Gasteiger charge is -2.10. The molecule has 0 saturated carbocycles. The predicted molar refractivity (Wildman–Crippen MR) is 83.5 cm³/mol. The maximum absolute atomic E-state index is 5.81. The van der Waals surface area contributed by atoms with Crippen LogP contribution in [0.3, 0.4) is 0 Å². The molecule has 0 atom stereocenters. The zero-order valence-corrected chi connectivity index (χ0v) is 12.6. The van der Waals surface area contributed by atoms with Crippen molar-refractivity contribution in [2.75, 3.05) is 6.61 Å². The molecule has 0 spiro atoms. The monoisotopic (exact) mass is 281 g/mol. The van der Waals surface area contributed by atoms with Crippen molar-refractivity contribution in [3.8, 4) is 16.9 Å². The minimum Gasteiger partial charge on any atom is -0.493 e. The summed E-state index contributed by atoms with van der Waals surface area (Å²) in [5.74, 6) is 1.39. The van der Waals surface area contributed by atoms with Crippen LogP contribution in [0.25, 0.3) is 16.8 Å². The molecule has 0 bridgehead atoms. The standard InChI is InChI=1S/C17H19N3O/c1-12(2)11-21-15-7-4-6-14(10-15)16-13(3)19-20-9-5-8-18-17(16)20/h4-10,12H,11H2,1-3H3. The SMILES string of the molecule is Cc1nn2cccnc2c1-c1cccc(OCC(C)C)c1. The second-order valence-electron chi connectivity index (χ2n) is 5.58. The molecule has 0 N–H and O–H groups in total. The Balaban J connectivity index is 2.02. The van der Waals surface area contributed by atoms with E-state index >= 15 is 0 Å². The Morgan fingerprint density at radius 1 is 1.24 bits per heavy atom. The molecule has 0 unspecified atom stereocenters. The largest absolute Gasteiger partial charge is 0.493 e. The van der Waals surface area contributed by atoms with Crippen molar-refractivity contribution in [2.24, 2.45) is 5.92 Å². The number of aromatic nitrogens is 3. The molecule has 0 radical (unpaired) electrons. The highest BCUT2D eigenvalue weighted by Crippen LogP contribution is 2.29. The van der Waals surface area contributed by atoms with Crippen LogP contribution in [0.5, 0.6) is 5.75 Å². The summed E-state index contributed by atoms with van der Waals surface area (Å²) in [4.78, 5) is 4.44. The van der Waals surface area contributed by atoms with E-state index in [1.165, 1.54) is 0 Å². The molecule has 2 aromatic heterocycles. The van der Waals surface area contributed by atoms with Gasteiger partial charge in [0, 0.05) is 18.0 Å². The highest BCUT2D eigenvalue weighted by Gasteiger charge is 2.13. The Labute approximate surface area is 124 Å². The summed E-state index contributed by atoms with van der Waals surface area (Å²) in [6.07, 6.45) is 3.71. The number of hydrogen-bond acceptors (Lipinski definition) is 3. The second kappa shape index (κ2) is 5.56. The fraction of sp³-hybridized carbons (Fsp3) is 0.294. The number of fused-ring (bicyclic) bond motifs is 1. The highest BCUT2D eigenvalue weighted by atomic mass is 16.5. The maximum Gasteiger partial charge on any atom is 0.163 e. The molecule has 4 nitrogen and oxygen atoms in total. The van der Waals surface area contributed by atoms with Crippen LogP contribution in [0.15, 0.2) is 42.7 Å². The van der Waals surface area contributed by atoms with Gasteiger partial charge in [0.1, 0.15) is 5.75 Å². The number of ether oxygens (including phenoxy) is 1. The van der Waals surface area contributed by atoms with Crippen LogP contribution in [0, 0.1) is 12.8 Å². The molecule has 0 amide bonds. The third-order valence-corrected chi connectivity index (χ3v) is 3.28. The summed E-state index contributed by atoms with van der Waals surface area (Å²) >= 11 is 0. The minimum atomic E-state index is 0.508. The van der Waals surface area contributed by atoms with Gasteiger partial charge in [0.25, 0.3) is 0 Å². The van der Waals surface area contributed by atoms with Crippen molar-refractivity contribution in [1.82, 2.24) is 14.6 Å². The van der Waals surface area contributed by atoms with Crippen LogP contribution in [0.2, 0.25) is 0 Å². The molecule has 0 aliphatic carbocycles. The van der Waals surface area contributed by atoms with Crippen LogP contribution < -0.4 is 4.74 Å². The van der Waals surface area contributed by atoms with E-state index in [0.29, 0.717) is 5.92 Å². The summed E-state index contributed by atoms with van der Waals surface area (Å²) < 4.78 is 7.62. The second-order valence-corrected chi connectivity index (χ2v) is 5.58. The van der Waals surface area contributed by atoms with Gasteiger partial charge in [0.2, 0.25) is 0 Å². The molecule has 108 valence electrons. The Bertz CT molecular complexity index is 762. The van der Waals surface area contributed by atoms with Crippen molar-refractivity contribution in [2.45, 2.75) is 20.8 Å². The lowest BCUT2D eigenvalue weighted by Crippen LogP contribution is -2.04. The first-order valence-electron chi connectivity index (χ1n) is 7.18. The zero-order valence-electron chi connectivity index (χ0n) is 12.6. The van der Waals surface area contributed by atoms with Crippen LogP contribution in [0.1, 0.15) is 19.5 Å². The summed E-state index contributed by atoms with van der Waals surface area (Å²) in [5, 5.41) is 4.51. The third kappa shape index (κ3) is 2.75. The first-order chi connectivity index (χ1) is 10.1. The van der Waals surface area contributed by atoms with Gasteiger partial charge in [-0.05, 0) is 36.6 Å². The van der Waals surface area contributed by atoms with Gasteiger partial charge in [-0.25, -0.2) is 9.50 Å². The van der Waals surface area contributed by atoms with Gasteiger partial charge >= 0.3 is 0 Å². The molecule has 3 aromatic rings.